The van der Waals surface area contributed by atoms with Gasteiger partial charge in [-0.3, -0.25) is 4.79 Å². The van der Waals surface area contributed by atoms with E-state index in [1.165, 1.54) is 0 Å². The van der Waals surface area contributed by atoms with E-state index < -0.39 is 0 Å². The lowest BCUT2D eigenvalue weighted by molar-refractivity contribution is -0.0124. The third-order valence-corrected chi connectivity index (χ3v) is 3.42. The van der Waals surface area contributed by atoms with Crippen molar-refractivity contribution in [1.29, 1.82) is 0 Å². The third kappa shape index (κ3) is 3.48. The van der Waals surface area contributed by atoms with Gasteiger partial charge in [0.2, 0.25) is 0 Å². The summed E-state index contributed by atoms with van der Waals surface area (Å²) < 4.78 is 5.48. The average molecular weight is 277 g/mol. The monoisotopic (exact) mass is 277 g/mol. The lowest BCUT2D eigenvalue weighted by Crippen LogP contribution is -2.44. The largest absolute Gasteiger partial charge is 0.375 e. The van der Waals surface area contributed by atoms with Crippen molar-refractivity contribution in [1.82, 2.24) is 9.88 Å². The number of amides is 1. The maximum atomic E-state index is 12.6. The Morgan fingerprint density at radius 2 is 2.35 bits per heavy atom. The van der Waals surface area contributed by atoms with Crippen LogP contribution in [0, 0.1) is 0 Å². The van der Waals surface area contributed by atoms with Gasteiger partial charge in [0, 0.05) is 31.4 Å². The van der Waals surface area contributed by atoms with Gasteiger partial charge in [-0.2, -0.15) is 0 Å². The van der Waals surface area contributed by atoms with Crippen molar-refractivity contribution in [2.45, 2.75) is 32.8 Å². The zero-order valence-corrected chi connectivity index (χ0v) is 12.5. The standard InChI is InChI=1S/C15H23N3O2/c1-4-5-13-8-12(9-14(16-3)17-13)15(19)18-6-7-20-11(2)10-18/h8-9,11H,4-7,10H2,1-3H3,(H,16,17). The Kier molecular flexibility index (Phi) is 4.95. The SMILES string of the molecule is CCCc1cc(C(=O)N2CCOC(C)C2)cc(NC)n1. The van der Waals surface area contributed by atoms with Gasteiger partial charge in [-0.05, 0) is 25.5 Å². The normalized spacial score (nSPS) is 18.9. The van der Waals surface area contributed by atoms with E-state index in [0.29, 0.717) is 25.3 Å². The first-order chi connectivity index (χ1) is 9.63. The van der Waals surface area contributed by atoms with Crippen LogP contribution in [0.4, 0.5) is 5.82 Å². The molecule has 1 fully saturated rings. The van der Waals surface area contributed by atoms with Crippen LogP contribution in [0.15, 0.2) is 12.1 Å². The van der Waals surface area contributed by atoms with Crippen LogP contribution in [0.3, 0.4) is 0 Å². The summed E-state index contributed by atoms with van der Waals surface area (Å²) in [5.74, 6) is 0.817. The topological polar surface area (TPSA) is 54.5 Å². The highest BCUT2D eigenvalue weighted by atomic mass is 16.5. The van der Waals surface area contributed by atoms with Crippen LogP contribution in [-0.2, 0) is 11.2 Å². The van der Waals surface area contributed by atoms with Gasteiger partial charge in [0.25, 0.3) is 5.91 Å². The number of hydrogen-bond donors (Lipinski definition) is 1. The van der Waals surface area contributed by atoms with Crippen LogP contribution >= 0.6 is 0 Å². The number of carbonyl (C=O) groups excluding carboxylic acids is 1. The average Bonchev–Trinajstić information content (AvgIpc) is 2.46. The Morgan fingerprint density at radius 1 is 1.55 bits per heavy atom. The molecular weight excluding hydrogens is 254 g/mol. The molecule has 0 saturated carbocycles. The van der Waals surface area contributed by atoms with Gasteiger partial charge in [-0.25, -0.2) is 4.98 Å². The van der Waals surface area contributed by atoms with Gasteiger partial charge in [0.05, 0.1) is 12.7 Å². The second-order valence-corrected chi connectivity index (χ2v) is 5.16. The molecular formula is C15H23N3O2. The predicted molar refractivity (Wildman–Crippen MR) is 79.1 cm³/mol. The van der Waals surface area contributed by atoms with E-state index in [-0.39, 0.29) is 12.0 Å². The van der Waals surface area contributed by atoms with Gasteiger partial charge >= 0.3 is 0 Å². The van der Waals surface area contributed by atoms with Crippen molar-refractivity contribution in [3.05, 3.63) is 23.4 Å². The highest BCUT2D eigenvalue weighted by molar-refractivity contribution is 5.95. The van der Waals surface area contributed by atoms with Gasteiger partial charge in [-0.1, -0.05) is 13.3 Å². The molecule has 0 radical (unpaired) electrons. The summed E-state index contributed by atoms with van der Waals surface area (Å²) in [6, 6.07) is 3.73. The fourth-order valence-electron chi connectivity index (χ4n) is 2.41. The van der Waals surface area contributed by atoms with Crippen molar-refractivity contribution in [2.24, 2.45) is 0 Å². The molecule has 0 aromatic carbocycles. The van der Waals surface area contributed by atoms with Gasteiger partial charge in [0.1, 0.15) is 5.82 Å². The molecule has 5 heteroatoms. The number of ether oxygens (including phenoxy) is 1. The molecule has 1 saturated heterocycles. The lowest BCUT2D eigenvalue weighted by Gasteiger charge is -2.31. The number of hydrogen-bond acceptors (Lipinski definition) is 4. The van der Waals surface area contributed by atoms with E-state index in [0.717, 1.165) is 24.4 Å². The van der Waals surface area contributed by atoms with Gasteiger partial charge in [0.15, 0.2) is 0 Å². The summed E-state index contributed by atoms with van der Waals surface area (Å²) in [7, 11) is 1.82. The van der Waals surface area contributed by atoms with Crippen LogP contribution in [0.5, 0.6) is 0 Å². The van der Waals surface area contributed by atoms with E-state index in [1.807, 2.05) is 31.0 Å². The first kappa shape index (κ1) is 14.8. The van der Waals surface area contributed by atoms with Gasteiger partial charge < -0.3 is 15.0 Å². The van der Waals surface area contributed by atoms with E-state index in [9.17, 15) is 4.79 Å². The minimum atomic E-state index is 0.0661. The summed E-state index contributed by atoms with van der Waals surface area (Å²) in [5, 5.41) is 3.03. The fraction of sp³-hybridized carbons (Fsp3) is 0.600. The lowest BCUT2D eigenvalue weighted by atomic mass is 10.1. The molecule has 1 aliphatic heterocycles. The molecule has 0 aliphatic carbocycles. The molecule has 1 unspecified atom stereocenters. The quantitative estimate of drug-likeness (QED) is 0.914. The minimum absolute atomic E-state index is 0.0661. The highest BCUT2D eigenvalue weighted by Gasteiger charge is 2.23. The summed E-state index contributed by atoms with van der Waals surface area (Å²) in [4.78, 5) is 18.9. The number of nitrogens with zero attached hydrogens (tertiary/aromatic N) is 2. The molecule has 1 aromatic heterocycles. The van der Waals surface area contributed by atoms with Crippen LogP contribution < -0.4 is 5.32 Å². The molecule has 2 rings (SSSR count). The number of aromatic nitrogens is 1. The Labute approximate surface area is 120 Å². The smallest absolute Gasteiger partial charge is 0.254 e. The minimum Gasteiger partial charge on any atom is -0.375 e. The van der Waals surface area contributed by atoms with Crippen LogP contribution in [0.1, 0.15) is 36.3 Å². The van der Waals surface area contributed by atoms with Crippen molar-refractivity contribution in [3.63, 3.8) is 0 Å². The molecule has 110 valence electrons. The van der Waals surface area contributed by atoms with E-state index in [4.69, 9.17) is 4.74 Å². The van der Waals surface area contributed by atoms with Crippen LogP contribution in [0.2, 0.25) is 0 Å². The number of morpholine rings is 1. The number of anilines is 1. The summed E-state index contributed by atoms with van der Waals surface area (Å²) in [5.41, 5.74) is 1.67. The predicted octanol–water partition coefficient (Wildman–Crippen LogP) is 1.94. The Balaban J connectivity index is 2.21. The first-order valence-corrected chi connectivity index (χ1v) is 7.23. The zero-order valence-electron chi connectivity index (χ0n) is 12.5. The summed E-state index contributed by atoms with van der Waals surface area (Å²) >= 11 is 0. The van der Waals surface area contributed by atoms with Crippen molar-refractivity contribution < 1.29 is 9.53 Å². The van der Waals surface area contributed by atoms with Crippen LogP contribution in [0.25, 0.3) is 0 Å². The second kappa shape index (κ2) is 6.70. The van der Waals surface area contributed by atoms with Crippen molar-refractivity contribution >= 4 is 11.7 Å². The summed E-state index contributed by atoms with van der Waals surface area (Å²) in [6.45, 7) is 6.02. The number of aryl methyl sites for hydroxylation is 1. The first-order valence-electron chi connectivity index (χ1n) is 7.23. The van der Waals surface area contributed by atoms with Crippen LogP contribution in [-0.4, -0.2) is 48.6 Å². The molecule has 1 aromatic rings. The molecule has 2 heterocycles. The number of pyridine rings is 1. The van der Waals surface area contributed by atoms with Crippen molar-refractivity contribution in [2.75, 3.05) is 32.1 Å². The molecule has 20 heavy (non-hydrogen) atoms. The van der Waals surface area contributed by atoms with E-state index in [1.54, 1.807) is 0 Å². The van der Waals surface area contributed by atoms with Gasteiger partial charge in [-0.15, -0.1) is 0 Å². The molecule has 1 N–H and O–H groups in total. The molecule has 1 aliphatic rings. The zero-order chi connectivity index (χ0) is 14.5. The molecule has 0 spiro atoms. The molecule has 1 atom stereocenters. The number of rotatable bonds is 4. The maximum absolute atomic E-state index is 12.6. The molecule has 1 amide bonds. The molecule has 5 nitrogen and oxygen atoms in total. The summed E-state index contributed by atoms with van der Waals surface area (Å²) in [6.07, 6.45) is 2.01. The van der Waals surface area contributed by atoms with E-state index in [2.05, 4.69) is 17.2 Å². The number of carbonyl (C=O) groups is 1. The maximum Gasteiger partial charge on any atom is 0.254 e. The Bertz CT molecular complexity index is 476. The number of nitrogens with one attached hydrogen (secondary N) is 1. The highest BCUT2D eigenvalue weighted by Crippen LogP contribution is 2.16. The third-order valence-electron chi connectivity index (χ3n) is 3.42. The fourth-order valence-corrected chi connectivity index (χ4v) is 2.41. The second-order valence-electron chi connectivity index (χ2n) is 5.16. The Hall–Kier alpha value is -1.62. The van der Waals surface area contributed by atoms with E-state index >= 15 is 0 Å². The Morgan fingerprint density at radius 3 is 3.00 bits per heavy atom. The molecule has 0 bridgehead atoms. The van der Waals surface area contributed by atoms with Crippen molar-refractivity contribution in [3.8, 4) is 0 Å².